The summed E-state index contributed by atoms with van der Waals surface area (Å²) in [6.45, 7) is 1.94. The number of aryl methyl sites for hydroxylation is 1. The van der Waals surface area contributed by atoms with Crippen LogP contribution in [0.25, 0.3) is 11.0 Å². The number of thiol groups is 1. The first-order valence-electron chi connectivity index (χ1n) is 3.27. The molecule has 0 aliphatic carbocycles. The van der Waals surface area contributed by atoms with Gasteiger partial charge in [0.15, 0.2) is 5.16 Å². The smallest absolute Gasteiger partial charge is 0.163 e. The lowest BCUT2D eigenvalue weighted by atomic mass is 10.3. The summed E-state index contributed by atoms with van der Waals surface area (Å²) in [5.41, 5.74) is 2.82. The molecular weight excluding hydrogens is 158 g/mol. The molecule has 0 atom stereocenters. The van der Waals surface area contributed by atoms with Crippen molar-refractivity contribution in [3.8, 4) is 0 Å². The molecule has 11 heavy (non-hydrogen) atoms. The minimum absolute atomic E-state index is 0.632. The van der Waals surface area contributed by atoms with Gasteiger partial charge in [-0.15, -0.1) is 12.6 Å². The zero-order valence-electron chi connectivity index (χ0n) is 6.00. The molecule has 0 saturated heterocycles. The number of hydrogen-bond acceptors (Lipinski definition) is 3. The second kappa shape index (κ2) is 2.23. The number of rotatable bonds is 0. The van der Waals surface area contributed by atoms with E-state index in [1.807, 2.05) is 13.0 Å². The second-order valence-electron chi connectivity index (χ2n) is 2.40. The fourth-order valence-corrected chi connectivity index (χ4v) is 1.22. The van der Waals surface area contributed by atoms with Crippen LogP contribution in [0.5, 0.6) is 0 Å². The normalized spacial score (nSPS) is 10.7. The molecule has 0 unspecified atom stereocenters. The molecular formula is C7H7N3S. The molecule has 3 nitrogen and oxygen atoms in total. The molecule has 2 heterocycles. The molecule has 2 rings (SSSR count). The Morgan fingerprint density at radius 2 is 2.36 bits per heavy atom. The summed E-state index contributed by atoms with van der Waals surface area (Å²) in [4.78, 5) is 11.2. The average molecular weight is 165 g/mol. The van der Waals surface area contributed by atoms with Crippen LogP contribution in [-0.2, 0) is 0 Å². The van der Waals surface area contributed by atoms with Crippen LogP contribution in [0, 0.1) is 6.92 Å². The summed E-state index contributed by atoms with van der Waals surface area (Å²) in [6, 6.07) is 1.92. The van der Waals surface area contributed by atoms with Crippen LogP contribution < -0.4 is 0 Å². The minimum Gasteiger partial charge on any atom is -0.332 e. The maximum absolute atomic E-state index is 4.14. The van der Waals surface area contributed by atoms with Crippen molar-refractivity contribution in [2.45, 2.75) is 12.1 Å². The van der Waals surface area contributed by atoms with Gasteiger partial charge in [0.05, 0.1) is 17.2 Å². The van der Waals surface area contributed by atoms with E-state index in [1.165, 1.54) is 0 Å². The molecule has 56 valence electrons. The fraction of sp³-hybridized carbons (Fsp3) is 0.143. The summed E-state index contributed by atoms with van der Waals surface area (Å²) in [5, 5.41) is 0.632. The summed E-state index contributed by atoms with van der Waals surface area (Å²) < 4.78 is 0. The predicted molar refractivity (Wildman–Crippen MR) is 45.9 cm³/mol. The van der Waals surface area contributed by atoms with Gasteiger partial charge in [-0.05, 0) is 13.0 Å². The highest BCUT2D eigenvalue weighted by molar-refractivity contribution is 7.80. The van der Waals surface area contributed by atoms with Gasteiger partial charge in [-0.1, -0.05) is 0 Å². The Balaban J connectivity index is 2.82. The molecule has 0 saturated carbocycles. The Labute approximate surface area is 69.3 Å². The van der Waals surface area contributed by atoms with Gasteiger partial charge in [-0.2, -0.15) is 0 Å². The van der Waals surface area contributed by atoms with E-state index in [9.17, 15) is 0 Å². The van der Waals surface area contributed by atoms with E-state index in [1.54, 1.807) is 6.20 Å². The lowest BCUT2D eigenvalue weighted by Crippen LogP contribution is -1.78. The van der Waals surface area contributed by atoms with Crippen molar-refractivity contribution in [3.05, 3.63) is 18.0 Å². The first-order chi connectivity index (χ1) is 5.25. The molecule has 2 aromatic rings. The first-order valence-corrected chi connectivity index (χ1v) is 3.72. The van der Waals surface area contributed by atoms with Crippen molar-refractivity contribution < 1.29 is 0 Å². The van der Waals surface area contributed by atoms with Crippen molar-refractivity contribution in [2.24, 2.45) is 0 Å². The van der Waals surface area contributed by atoms with E-state index < -0.39 is 0 Å². The number of fused-ring (bicyclic) bond motifs is 1. The summed E-state index contributed by atoms with van der Waals surface area (Å²) in [6.07, 6.45) is 1.76. The minimum atomic E-state index is 0.632. The van der Waals surface area contributed by atoms with Gasteiger partial charge in [0.2, 0.25) is 0 Å². The van der Waals surface area contributed by atoms with Crippen molar-refractivity contribution in [3.63, 3.8) is 0 Å². The number of aromatic amines is 1. The number of nitrogens with zero attached hydrogens (tertiary/aromatic N) is 2. The maximum Gasteiger partial charge on any atom is 0.163 e. The summed E-state index contributed by atoms with van der Waals surface area (Å²) in [5.74, 6) is 0. The molecule has 0 spiro atoms. The van der Waals surface area contributed by atoms with Gasteiger partial charge in [-0.25, -0.2) is 4.98 Å². The molecule has 2 aromatic heterocycles. The Bertz CT molecular complexity index is 393. The maximum atomic E-state index is 4.14. The van der Waals surface area contributed by atoms with Crippen LogP contribution in [0.3, 0.4) is 0 Å². The van der Waals surface area contributed by atoms with Crippen molar-refractivity contribution in [2.75, 3.05) is 0 Å². The van der Waals surface area contributed by atoms with E-state index in [0.29, 0.717) is 5.16 Å². The lowest BCUT2D eigenvalue weighted by molar-refractivity contribution is 1.09. The number of H-pyrrole nitrogens is 1. The van der Waals surface area contributed by atoms with Crippen molar-refractivity contribution in [1.29, 1.82) is 0 Å². The molecule has 0 aliphatic rings. The van der Waals surface area contributed by atoms with Crippen LogP contribution in [0.2, 0.25) is 0 Å². The van der Waals surface area contributed by atoms with Crippen LogP contribution in [0.15, 0.2) is 17.4 Å². The van der Waals surface area contributed by atoms with Gasteiger partial charge >= 0.3 is 0 Å². The third-order valence-corrected chi connectivity index (χ3v) is 1.70. The van der Waals surface area contributed by atoms with E-state index in [4.69, 9.17) is 0 Å². The number of pyridine rings is 1. The quantitative estimate of drug-likeness (QED) is 0.581. The zero-order chi connectivity index (χ0) is 7.84. The average Bonchev–Trinajstić information content (AvgIpc) is 2.27. The molecule has 0 aliphatic heterocycles. The fourth-order valence-electron chi connectivity index (χ4n) is 0.997. The van der Waals surface area contributed by atoms with Crippen molar-refractivity contribution in [1.82, 2.24) is 15.0 Å². The monoisotopic (exact) mass is 165 g/mol. The summed E-state index contributed by atoms with van der Waals surface area (Å²) in [7, 11) is 0. The summed E-state index contributed by atoms with van der Waals surface area (Å²) >= 11 is 4.08. The molecule has 4 heteroatoms. The molecule has 0 bridgehead atoms. The van der Waals surface area contributed by atoms with Gasteiger partial charge < -0.3 is 4.98 Å². The van der Waals surface area contributed by atoms with Gasteiger partial charge in [0.1, 0.15) is 0 Å². The van der Waals surface area contributed by atoms with Gasteiger partial charge in [0, 0.05) is 5.69 Å². The van der Waals surface area contributed by atoms with Crippen molar-refractivity contribution >= 4 is 23.7 Å². The van der Waals surface area contributed by atoms with E-state index >= 15 is 0 Å². The molecule has 0 radical (unpaired) electrons. The molecule has 0 aromatic carbocycles. The van der Waals surface area contributed by atoms with Crippen LogP contribution >= 0.6 is 12.6 Å². The number of hydrogen-bond donors (Lipinski definition) is 2. The Kier molecular flexibility index (Phi) is 1.35. The lowest BCUT2D eigenvalue weighted by Gasteiger charge is -1.88. The molecule has 1 N–H and O–H groups in total. The highest BCUT2D eigenvalue weighted by Crippen LogP contribution is 2.12. The van der Waals surface area contributed by atoms with Gasteiger partial charge in [-0.3, -0.25) is 4.98 Å². The van der Waals surface area contributed by atoms with Gasteiger partial charge in [0.25, 0.3) is 0 Å². The molecule has 0 fully saturated rings. The first kappa shape index (κ1) is 6.67. The third-order valence-electron chi connectivity index (χ3n) is 1.49. The largest absolute Gasteiger partial charge is 0.332 e. The highest BCUT2D eigenvalue weighted by atomic mass is 32.1. The van der Waals surface area contributed by atoms with Crippen LogP contribution in [-0.4, -0.2) is 15.0 Å². The number of nitrogens with one attached hydrogen (secondary N) is 1. The Morgan fingerprint density at radius 1 is 1.55 bits per heavy atom. The molecule has 0 amide bonds. The third kappa shape index (κ3) is 1.09. The van der Waals surface area contributed by atoms with Crippen LogP contribution in [0.4, 0.5) is 0 Å². The van der Waals surface area contributed by atoms with Crippen LogP contribution in [0.1, 0.15) is 5.69 Å². The topological polar surface area (TPSA) is 41.6 Å². The number of imidazole rings is 1. The zero-order valence-corrected chi connectivity index (χ0v) is 6.89. The van der Waals surface area contributed by atoms with E-state index in [0.717, 1.165) is 16.7 Å². The Hall–Kier alpha value is -1.03. The Morgan fingerprint density at radius 3 is 3.18 bits per heavy atom. The van der Waals surface area contributed by atoms with E-state index in [-0.39, 0.29) is 0 Å². The highest BCUT2D eigenvalue weighted by Gasteiger charge is 1.98. The standard InChI is InChI=1S/C7H7N3S/c1-4-2-5-6(3-8-4)10-7(11)9-5/h2-3H,1H3,(H2,9,10,11). The second-order valence-corrected chi connectivity index (χ2v) is 2.83. The number of aromatic nitrogens is 3. The van der Waals surface area contributed by atoms with E-state index in [2.05, 4.69) is 27.6 Å². The SMILES string of the molecule is Cc1cc2nc(S)[nH]c2cn1. The predicted octanol–water partition coefficient (Wildman–Crippen LogP) is 1.56.